The molecule has 0 fully saturated rings. The van der Waals surface area contributed by atoms with Gasteiger partial charge in [0.25, 0.3) is 5.91 Å². The number of carbonyl (C=O) groups is 2. The molecule has 0 aliphatic carbocycles. The molecule has 2 amide bonds. The molecule has 27 heavy (non-hydrogen) atoms. The van der Waals surface area contributed by atoms with Gasteiger partial charge < -0.3 is 15.4 Å². The number of benzene rings is 2. The molecule has 0 heterocycles. The fourth-order valence-corrected chi connectivity index (χ4v) is 2.67. The highest BCUT2D eigenvalue weighted by Crippen LogP contribution is 2.14. The van der Waals surface area contributed by atoms with Crippen molar-refractivity contribution in [3.8, 4) is 5.75 Å². The van der Waals surface area contributed by atoms with Crippen LogP contribution < -0.4 is 15.4 Å². The summed E-state index contributed by atoms with van der Waals surface area (Å²) in [6, 6.07) is 14.8. The summed E-state index contributed by atoms with van der Waals surface area (Å²) in [5, 5.41) is 5.59. The second-order valence-electron chi connectivity index (χ2n) is 6.24. The number of anilines is 1. The maximum Gasteiger partial charge on any atom is 0.251 e. The lowest BCUT2D eigenvalue weighted by atomic mass is 10.2. The molecule has 6 heteroatoms. The highest BCUT2D eigenvalue weighted by atomic mass is 16.5. The van der Waals surface area contributed by atoms with Crippen LogP contribution in [0.15, 0.2) is 48.5 Å². The van der Waals surface area contributed by atoms with E-state index in [-0.39, 0.29) is 18.4 Å². The van der Waals surface area contributed by atoms with Crippen molar-refractivity contribution in [2.24, 2.45) is 0 Å². The van der Waals surface area contributed by atoms with Crippen molar-refractivity contribution in [2.45, 2.75) is 20.4 Å². The van der Waals surface area contributed by atoms with Crippen LogP contribution in [0, 0.1) is 0 Å². The van der Waals surface area contributed by atoms with Gasteiger partial charge in [-0.2, -0.15) is 0 Å². The zero-order valence-electron chi connectivity index (χ0n) is 16.1. The van der Waals surface area contributed by atoms with Crippen molar-refractivity contribution < 1.29 is 14.3 Å². The Morgan fingerprint density at radius 3 is 2.48 bits per heavy atom. The molecule has 0 bridgehead atoms. The number of likely N-dealkylation sites (N-methyl/N-ethyl adjacent to an activating group) is 1. The number of amides is 2. The highest BCUT2D eigenvalue weighted by molar-refractivity contribution is 5.97. The van der Waals surface area contributed by atoms with Gasteiger partial charge in [0.2, 0.25) is 5.91 Å². The molecule has 2 aromatic carbocycles. The van der Waals surface area contributed by atoms with Gasteiger partial charge in [-0.3, -0.25) is 14.5 Å². The van der Waals surface area contributed by atoms with Crippen LogP contribution in [-0.4, -0.2) is 43.5 Å². The first-order valence-corrected chi connectivity index (χ1v) is 9.10. The van der Waals surface area contributed by atoms with Crippen LogP contribution in [0.3, 0.4) is 0 Å². The lowest BCUT2D eigenvalue weighted by Gasteiger charge is -2.17. The van der Waals surface area contributed by atoms with Gasteiger partial charge in [0, 0.05) is 24.3 Å². The average Bonchev–Trinajstić information content (AvgIpc) is 2.64. The van der Waals surface area contributed by atoms with Crippen LogP contribution in [0.4, 0.5) is 5.69 Å². The number of nitrogens with one attached hydrogen (secondary N) is 2. The van der Waals surface area contributed by atoms with Gasteiger partial charge in [0.15, 0.2) is 0 Å². The van der Waals surface area contributed by atoms with Gasteiger partial charge in [-0.05, 0) is 56.8 Å². The van der Waals surface area contributed by atoms with Crippen molar-refractivity contribution in [3.05, 3.63) is 59.7 Å². The summed E-state index contributed by atoms with van der Waals surface area (Å²) in [5.74, 6) is 0.561. The second kappa shape index (κ2) is 10.3. The largest absolute Gasteiger partial charge is 0.494 e. The van der Waals surface area contributed by atoms with Crippen molar-refractivity contribution in [2.75, 3.05) is 32.1 Å². The molecular formula is C21H27N3O3. The van der Waals surface area contributed by atoms with E-state index < -0.39 is 0 Å². The van der Waals surface area contributed by atoms with Crippen LogP contribution in [-0.2, 0) is 11.3 Å². The Balaban J connectivity index is 1.87. The third-order valence-electron chi connectivity index (χ3n) is 3.85. The summed E-state index contributed by atoms with van der Waals surface area (Å²) >= 11 is 0. The molecule has 0 saturated carbocycles. The number of carbonyl (C=O) groups excluding carboxylic acids is 2. The van der Waals surface area contributed by atoms with Gasteiger partial charge in [-0.15, -0.1) is 0 Å². The Bertz CT molecular complexity index is 760. The SMILES string of the molecule is CCNC(=O)c1cccc(NC(=O)CN(C)Cc2ccc(OCC)cc2)c1. The van der Waals surface area contributed by atoms with E-state index >= 15 is 0 Å². The summed E-state index contributed by atoms with van der Waals surface area (Å²) in [6.07, 6.45) is 0. The smallest absolute Gasteiger partial charge is 0.251 e. The second-order valence-corrected chi connectivity index (χ2v) is 6.24. The van der Waals surface area contributed by atoms with Gasteiger partial charge in [0.05, 0.1) is 13.2 Å². The van der Waals surface area contributed by atoms with Crippen LogP contribution in [0.5, 0.6) is 5.75 Å². The lowest BCUT2D eigenvalue weighted by molar-refractivity contribution is -0.117. The molecule has 2 aromatic rings. The normalized spacial score (nSPS) is 10.5. The number of nitrogens with zero attached hydrogens (tertiary/aromatic N) is 1. The molecule has 2 rings (SSSR count). The lowest BCUT2D eigenvalue weighted by Crippen LogP contribution is -2.30. The Kier molecular flexibility index (Phi) is 7.82. The van der Waals surface area contributed by atoms with E-state index in [0.717, 1.165) is 11.3 Å². The molecule has 0 aliphatic rings. The van der Waals surface area contributed by atoms with Crippen LogP contribution in [0.1, 0.15) is 29.8 Å². The summed E-state index contributed by atoms with van der Waals surface area (Å²) < 4.78 is 5.43. The number of hydrogen-bond donors (Lipinski definition) is 2. The first-order valence-electron chi connectivity index (χ1n) is 9.10. The van der Waals surface area contributed by atoms with E-state index in [1.165, 1.54) is 0 Å². The minimum Gasteiger partial charge on any atom is -0.494 e. The number of ether oxygens (including phenoxy) is 1. The molecule has 0 radical (unpaired) electrons. The molecule has 0 atom stereocenters. The molecule has 0 aromatic heterocycles. The summed E-state index contributed by atoms with van der Waals surface area (Å²) in [5.41, 5.74) is 2.24. The minimum atomic E-state index is -0.152. The Labute approximate surface area is 160 Å². The molecule has 144 valence electrons. The molecule has 2 N–H and O–H groups in total. The molecule has 0 spiro atoms. The topological polar surface area (TPSA) is 70.7 Å². The summed E-state index contributed by atoms with van der Waals surface area (Å²) in [6.45, 7) is 5.92. The van der Waals surface area contributed by atoms with Crippen LogP contribution in [0.25, 0.3) is 0 Å². The Hall–Kier alpha value is -2.86. The predicted molar refractivity (Wildman–Crippen MR) is 107 cm³/mol. The van der Waals surface area contributed by atoms with E-state index in [0.29, 0.717) is 30.9 Å². The van der Waals surface area contributed by atoms with Crippen LogP contribution >= 0.6 is 0 Å². The van der Waals surface area contributed by atoms with E-state index in [1.54, 1.807) is 24.3 Å². The monoisotopic (exact) mass is 369 g/mol. The van der Waals surface area contributed by atoms with E-state index in [9.17, 15) is 9.59 Å². The number of rotatable bonds is 9. The molecule has 6 nitrogen and oxygen atoms in total. The van der Waals surface area contributed by atoms with Crippen molar-refractivity contribution >= 4 is 17.5 Å². The summed E-state index contributed by atoms with van der Waals surface area (Å²) in [7, 11) is 1.89. The van der Waals surface area contributed by atoms with Crippen molar-refractivity contribution in [1.29, 1.82) is 0 Å². The van der Waals surface area contributed by atoms with E-state index in [1.807, 2.05) is 50.1 Å². The Morgan fingerprint density at radius 2 is 1.81 bits per heavy atom. The molecule has 0 saturated heterocycles. The summed E-state index contributed by atoms with van der Waals surface area (Å²) in [4.78, 5) is 26.1. The maximum absolute atomic E-state index is 12.3. The first kappa shape index (κ1) is 20.5. The molecule has 0 aliphatic heterocycles. The molecule has 0 unspecified atom stereocenters. The Morgan fingerprint density at radius 1 is 1.07 bits per heavy atom. The van der Waals surface area contributed by atoms with Crippen molar-refractivity contribution in [1.82, 2.24) is 10.2 Å². The van der Waals surface area contributed by atoms with E-state index in [2.05, 4.69) is 10.6 Å². The number of hydrogen-bond acceptors (Lipinski definition) is 4. The van der Waals surface area contributed by atoms with E-state index in [4.69, 9.17) is 4.74 Å². The average molecular weight is 369 g/mol. The van der Waals surface area contributed by atoms with Gasteiger partial charge in [-0.25, -0.2) is 0 Å². The zero-order chi connectivity index (χ0) is 19.6. The van der Waals surface area contributed by atoms with Gasteiger partial charge >= 0.3 is 0 Å². The maximum atomic E-state index is 12.3. The minimum absolute atomic E-state index is 0.128. The third-order valence-corrected chi connectivity index (χ3v) is 3.85. The quantitative estimate of drug-likeness (QED) is 0.713. The van der Waals surface area contributed by atoms with Crippen LogP contribution in [0.2, 0.25) is 0 Å². The first-order chi connectivity index (χ1) is 13.0. The molecular weight excluding hydrogens is 342 g/mol. The fourth-order valence-electron chi connectivity index (χ4n) is 2.67. The highest BCUT2D eigenvalue weighted by Gasteiger charge is 2.10. The predicted octanol–water partition coefficient (Wildman–Crippen LogP) is 2.91. The fraction of sp³-hybridized carbons (Fsp3) is 0.333. The van der Waals surface area contributed by atoms with Gasteiger partial charge in [0.1, 0.15) is 5.75 Å². The van der Waals surface area contributed by atoms with Crippen molar-refractivity contribution in [3.63, 3.8) is 0 Å². The third kappa shape index (κ3) is 6.75. The zero-order valence-corrected chi connectivity index (χ0v) is 16.1. The van der Waals surface area contributed by atoms with Gasteiger partial charge in [-0.1, -0.05) is 18.2 Å². The standard InChI is InChI=1S/C21H27N3O3/c1-4-22-21(26)17-7-6-8-18(13-17)23-20(25)15-24(3)14-16-9-11-19(12-10-16)27-5-2/h6-13H,4-5,14-15H2,1-3H3,(H,22,26)(H,23,25).